The molecule has 1 fully saturated rings. The second kappa shape index (κ2) is 9.43. The van der Waals surface area contributed by atoms with Crippen LogP contribution in [0.3, 0.4) is 0 Å². The van der Waals surface area contributed by atoms with Gasteiger partial charge in [-0.15, -0.1) is 0 Å². The van der Waals surface area contributed by atoms with Gasteiger partial charge in [0.05, 0.1) is 18.8 Å². The number of ether oxygens (including phenoxy) is 1. The van der Waals surface area contributed by atoms with Crippen LogP contribution in [0.5, 0.6) is 5.75 Å². The zero-order valence-corrected chi connectivity index (χ0v) is 19.3. The highest BCUT2D eigenvalue weighted by Gasteiger charge is 2.34. The summed E-state index contributed by atoms with van der Waals surface area (Å²) < 4.78 is 7.39. The van der Waals surface area contributed by atoms with E-state index in [0.29, 0.717) is 24.2 Å². The molecule has 0 N–H and O–H groups in total. The summed E-state index contributed by atoms with van der Waals surface area (Å²) >= 11 is 0. The van der Waals surface area contributed by atoms with Gasteiger partial charge in [0.25, 0.3) is 5.91 Å². The average Bonchev–Trinajstić information content (AvgIpc) is 3.53. The van der Waals surface area contributed by atoms with E-state index in [4.69, 9.17) is 4.74 Å². The maximum atomic E-state index is 13.6. The molecule has 0 bridgehead atoms. The minimum Gasteiger partial charge on any atom is -0.496 e. The third-order valence-electron chi connectivity index (χ3n) is 6.22. The molecule has 4 aromatic rings. The van der Waals surface area contributed by atoms with Crippen molar-refractivity contribution in [1.82, 2.24) is 29.4 Å². The van der Waals surface area contributed by atoms with Gasteiger partial charge in [0.1, 0.15) is 11.4 Å². The first-order chi connectivity index (χ1) is 16.7. The lowest BCUT2D eigenvalue weighted by Crippen LogP contribution is -2.31. The average molecular weight is 455 g/mol. The number of benzene rings is 1. The zero-order valence-electron chi connectivity index (χ0n) is 19.3. The fraction of sp³-hybridized carbons (Fsp3) is 0.269. The summed E-state index contributed by atoms with van der Waals surface area (Å²) in [5.74, 6) is 1.53. The molecule has 34 heavy (non-hydrogen) atoms. The number of methoxy groups -OCH3 is 1. The number of pyridine rings is 1. The first-order valence-corrected chi connectivity index (χ1v) is 11.3. The topological polar surface area (TPSA) is 86.0 Å². The van der Waals surface area contributed by atoms with Crippen LogP contribution in [0.1, 0.15) is 46.2 Å². The first-order valence-electron chi connectivity index (χ1n) is 11.3. The second-order valence-corrected chi connectivity index (χ2v) is 8.33. The van der Waals surface area contributed by atoms with Gasteiger partial charge in [-0.25, -0.2) is 9.97 Å². The van der Waals surface area contributed by atoms with Gasteiger partial charge in [-0.2, -0.15) is 0 Å². The van der Waals surface area contributed by atoms with Crippen LogP contribution < -0.4 is 4.74 Å². The lowest BCUT2D eigenvalue weighted by molar-refractivity contribution is 0.0733. The highest BCUT2D eigenvalue weighted by Crippen LogP contribution is 2.36. The molecule has 1 aliphatic heterocycles. The number of aromatic nitrogens is 5. The number of para-hydroxylation sites is 1. The van der Waals surface area contributed by atoms with Crippen LogP contribution in [0.4, 0.5) is 0 Å². The molecule has 0 saturated carbocycles. The number of likely N-dealkylation sites (tertiary alicyclic amines) is 1. The number of nitrogens with zero attached hydrogens (tertiary/aromatic N) is 6. The quantitative estimate of drug-likeness (QED) is 0.440. The van der Waals surface area contributed by atoms with E-state index in [-0.39, 0.29) is 11.9 Å². The fourth-order valence-corrected chi connectivity index (χ4v) is 4.57. The third kappa shape index (κ3) is 4.14. The first kappa shape index (κ1) is 21.8. The van der Waals surface area contributed by atoms with Gasteiger partial charge in [-0.3, -0.25) is 14.8 Å². The standard InChI is InChI=1S/C26H26N6O2/c1-31-15-13-30-25(31)24-23(28-11-12-29-24)21-7-5-14-32(21)26(33)19-9-10-27-20(17-19)16-18-6-3-4-8-22(18)34-2/h3-4,6,8-13,15,17,21H,5,7,14,16H2,1-2H3. The highest BCUT2D eigenvalue weighted by molar-refractivity contribution is 5.94. The molecule has 3 aromatic heterocycles. The Morgan fingerprint density at radius 2 is 1.91 bits per heavy atom. The molecule has 4 heterocycles. The van der Waals surface area contributed by atoms with Crippen LogP contribution in [-0.2, 0) is 13.5 Å². The molecule has 1 amide bonds. The molecule has 0 aliphatic carbocycles. The van der Waals surface area contributed by atoms with Gasteiger partial charge in [-0.1, -0.05) is 18.2 Å². The van der Waals surface area contributed by atoms with Crippen molar-refractivity contribution in [3.63, 3.8) is 0 Å². The lowest BCUT2D eigenvalue weighted by Gasteiger charge is -2.25. The van der Waals surface area contributed by atoms with E-state index in [0.717, 1.165) is 41.4 Å². The highest BCUT2D eigenvalue weighted by atomic mass is 16.5. The van der Waals surface area contributed by atoms with E-state index in [2.05, 4.69) is 19.9 Å². The Labute approximate surface area is 198 Å². The molecule has 1 aliphatic rings. The molecule has 0 spiro atoms. The molecule has 1 aromatic carbocycles. The Morgan fingerprint density at radius 1 is 1.06 bits per heavy atom. The summed E-state index contributed by atoms with van der Waals surface area (Å²) in [5.41, 5.74) is 3.96. The second-order valence-electron chi connectivity index (χ2n) is 8.33. The number of carbonyl (C=O) groups is 1. The Balaban J connectivity index is 1.43. The number of imidazole rings is 1. The van der Waals surface area contributed by atoms with Gasteiger partial charge >= 0.3 is 0 Å². The van der Waals surface area contributed by atoms with E-state index in [1.54, 1.807) is 38.0 Å². The lowest BCUT2D eigenvalue weighted by atomic mass is 10.0. The van der Waals surface area contributed by atoms with Crippen molar-refractivity contribution in [3.8, 4) is 17.3 Å². The molecule has 5 rings (SSSR count). The SMILES string of the molecule is COc1ccccc1Cc1cc(C(=O)N2CCCC2c2nccnc2-c2nccn2C)ccn1. The van der Waals surface area contributed by atoms with Gasteiger partial charge in [0.2, 0.25) is 0 Å². The van der Waals surface area contributed by atoms with Crippen molar-refractivity contribution < 1.29 is 9.53 Å². The Morgan fingerprint density at radius 3 is 2.74 bits per heavy atom. The molecule has 1 atom stereocenters. The minimum atomic E-state index is -0.154. The van der Waals surface area contributed by atoms with Crippen molar-refractivity contribution in [2.24, 2.45) is 7.05 Å². The van der Waals surface area contributed by atoms with Gasteiger partial charge in [0, 0.05) is 67.8 Å². The van der Waals surface area contributed by atoms with Crippen LogP contribution in [0, 0.1) is 0 Å². The largest absolute Gasteiger partial charge is 0.496 e. The molecular weight excluding hydrogens is 428 g/mol. The zero-order chi connectivity index (χ0) is 23.5. The summed E-state index contributed by atoms with van der Waals surface area (Å²) in [6, 6.07) is 11.4. The smallest absolute Gasteiger partial charge is 0.254 e. The fourth-order valence-electron chi connectivity index (χ4n) is 4.57. The van der Waals surface area contributed by atoms with Gasteiger partial charge in [-0.05, 0) is 31.0 Å². The summed E-state index contributed by atoms with van der Waals surface area (Å²) in [7, 11) is 3.59. The van der Waals surface area contributed by atoms with E-state index < -0.39 is 0 Å². The number of rotatable bonds is 6. The monoisotopic (exact) mass is 454 g/mol. The maximum absolute atomic E-state index is 13.6. The number of hydrogen-bond donors (Lipinski definition) is 0. The molecule has 0 radical (unpaired) electrons. The van der Waals surface area contributed by atoms with E-state index >= 15 is 0 Å². The molecular formula is C26H26N6O2. The number of amides is 1. The van der Waals surface area contributed by atoms with Crippen LogP contribution >= 0.6 is 0 Å². The van der Waals surface area contributed by atoms with Crippen molar-refractivity contribution >= 4 is 5.91 Å². The Kier molecular flexibility index (Phi) is 6.03. The van der Waals surface area contributed by atoms with Crippen molar-refractivity contribution in [2.75, 3.05) is 13.7 Å². The number of hydrogen-bond acceptors (Lipinski definition) is 6. The molecule has 8 nitrogen and oxygen atoms in total. The minimum absolute atomic E-state index is 0.0254. The summed E-state index contributed by atoms with van der Waals surface area (Å²) in [4.78, 5) is 33.7. The van der Waals surface area contributed by atoms with Crippen LogP contribution in [-0.4, -0.2) is 49.0 Å². The number of carbonyl (C=O) groups excluding carboxylic acids is 1. The predicted octanol–water partition coefficient (Wildman–Crippen LogP) is 3.85. The van der Waals surface area contributed by atoms with Crippen LogP contribution in [0.15, 0.2) is 67.4 Å². The van der Waals surface area contributed by atoms with Crippen LogP contribution in [0.2, 0.25) is 0 Å². The summed E-state index contributed by atoms with van der Waals surface area (Å²) in [6.07, 6.45) is 11.0. The predicted molar refractivity (Wildman–Crippen MR) is 127 cm³/mol. The summed E-state index contributed by atoms with van der Waals surface area (Å²) in [5, 5.41) is 0. The Hall–Kier alpha value is -4.07. The van der Waals surface area contributed by atoms with Gasteiger partial charge in [0.15, 0.2) is 5.82 Å². The number of aryl methyl sites for hydroxylation is 1. The van der Waals surface area contributed by atoms with Gasteiger partial charge < -0.3 is 14.2 Å². The molecule has 172 valence electrons. The van der Waals surface area contributed by atoms with E-state index in [1.807, 2.05) is 53.0 Å². The van der Waals surface area contributed by atoms with E-state index in [9.17, 15) is 4.79 Å². The van der Waals surface area contributed by atoms with Crippen molar-refractivity contribution in [2.45, 2.75) is 25.3 Å². The van der Waals surface area contributed by atoms with Crippen molar-refractivity contribution in [3.05, 3.63) is 89.9 Å². The van der Waals surface area contributed by atoms with E-state index in [1.165, 1.54) is 0 Å². The molecule has 1 unspecified atom stereocenters. The van der Waals surface area contributed by atoms with Crippen molar-refractivity contribution in [1.29, 1.82) is 0 Å². The third-order valence-corrected chi connectivity index (χ3v) is 6.22. The van der Waals surface area contributed by atoms with Crippen LogP contribution in [0.25, 0.3) is 11.5 Å². The normalized spacial score (nSPS) is 15.5. The molecule has 8 heteroatoms. The summed E-state index contributed by atoms with van der Waals surface area (Å²) in [6.45, 7) is 0.671. The molecule has 1 saturated heterocycles. The Bertz CT molecular complexity index is 1320. The maximum Gasteiger partial charge on any atom is 0.254 e.